The number of hydrazine groups is 1. The topological polar surface area (TPSA) is 63.8 Å². The lowest BCUT2D eigenvalue weighted by Crippen LogP contribution is -2.11. The van der Waals surface area contributed by atoms with Crippen molar-refractivity contribution >= 4 is 5.82 Å². The number of aryl methyl sites for hydroxylation is 3. The van der Waals surface area contributed by atoms with Gasteiger partial charge in [0.05, 0.1) is 0 Å². The smallest absolute Gasteiger partial charge is 0.162 e. The van der Waals surface area contributed by atoms with Gasteiger partial charge < -0.3 is 5.43 Å². The normalized spacial score (nSPS) is 11.0. The second-order valence-corrected chi connectivity index (χ2v) is 6.06. The van der Waals surface area contributed by atoms with Gasteiger partial charge in [0, 0.05) is 17.3 Å². The molecule has 0 saturated heterocycles. The second-order valence-electron chi connectivity index (χ2n) is 6.06. The Morgan fingerprint density at radius 2 is 1.67 bits per heavy atom. The highest BCUT2D eigenvalue weighted by molar-refractivity contribution is 5.63. The zero-order chi connectivity index (χ0) is 15.6. The largest absolute Gasteiger partial charge is 0.308 e. The number of nitrogens with one attached hydrogen (secondary N) is 1. The molecule has 2 aromatic rings. The van der Waals surface area contributed by atoms with Crippen LogP contribution in [0.25, 0.3) is 11.4 Å². The van der Waals surface area contributed by atoms with E-state index in [0.29, 0.717) is 11.7 Å². The number of aromatic nitrogens is 2. The Balaban J connectivity index is 2.55. The van der Waals surface area contributed by atoms with Crippen LogP contribution >= 0.6 is 0 Å². The number of nitrogen functional groups attached to an aromatic ring is 1. The molecular weight excluding hydrogens is 260 g/mol. The lowest BCUT2D eigenvalue weighted by Gasteiger charge is -2.12. The maximum Gasteiger partial charge on any atom is 0.162 e. The lowest BCUT2D eigenvalue weighted by molar-refractivity contribution is 0.635. The maximum absolute atomic E-state index is 5.55. The number of hydrogen-bond donors (Lipinski definition) is 2. The summed E-state index contributed by atoms with van der Waals surface area (Å²) >= 11 is 0. The second kappa shape index (κ2) is 6.22. The van der Waals surface area contributed by atoms with Gasteiger partial charge in [0.1, 0.15) is 5.82 Å². The first kappa shape index (κ1) is 15.4. The Morgan fingerprint density at radius 3 is 2.29 bits per heavy atom. The van der Waals surface area contributed by atoms with Gasteiger partial charge in [-0.1, -0.05) is 19.9 Å². The van der Waals surface area contributed by atoms with Crippen molar-refractivity contribution in [2.24, 2.45) is 11.8 Å². The summed E-state index contributed by atoms with van der Waals surface area (Å²) in [6, 6.07) is 6.25. The van der Waals surface area contributed by atoms with E-state index in [2.05, 4.69) is 57.2 Å². The van der Waals surface area contributed by atoms with E-state index in [0.717, 1.165) is 23.5 Å². The molecule has 0 atom stereocenters. The average Bonchev–Trinajstić information content (AvgIpc) is 2.41. The van der Waals surface area contributed by atoms with Crippen molar-refractivity contribution in [3.8, 4) is 11.4 Å². The van der Waals surface area contributed by atoms with Gasteiger partial charge in [-0.15, -0.1) is 0 Å². The van der Waals surface area contributed by atoms with E-state index < -0.39 is 0 Å². The molecule has 0 spiro atoms. The van der Waals surface area contributed by atoms with Crippen LogP contribution < -0.4 is 11.3 Å². The van der Waals surface area contributed by atoms with Crippen LogP contribution in [0.4, 0.5) is 5.82 Å². The standard InChI is InChI=1S/C17H24N4/c1-10(2)6-14-9-16(21-18)20-17(19-14)15-8-12(4)11(3)7-13(15)5/h7-10H,6,18H2,1-5H3,(H,19,20,21). The molecule has 0 aliphatic rings. The Hall–Kier alpha value is -1.94. The van der Waals surface area contributed by atoms with Crippen LogP contribution in [0.15, 0.2) is 18.2 Å². The molecule has 0 unspecified atom stereocenters. The molecule has 1 heterocycles. The summed E-state index contributed by atoms with van der Waals surface area (Å²) in [5.74, 6) is 7.49. The van der Waals surface area contributed by atoms with Crippen LogP contribution in [0.1, 0.15) is 36.2 Å². The number of nitrogens with two attached hydrogens (primary N) is 1. The van der Waals surface area contributed by atoms with Crippen LogP contribution in [0.2, 0.25) is 0 Å². The molecule has 0 saturated carbocycles. The van der Waals surface area contributed by atoms with Gasteiger partial charge in [-0.25, -0.2) is 15.8 Å². The van der Waals surface area contributed by atoms with Crippen LogP contribution in [-0.4, -0.2) is 9.97 Å². The molecule has 1 aromatic carbocycles. The molecular formula is C17H24N4. The SMILES string of the molecule is Cc1cc(C)c(-c2nc(CC(C)C)cc(NN)n2)cc1C. The Kier molecular flexibility index (Phi) is 4.58. The average molecular weight is 284 g/mol. The minimum Gasteiger partial charge on any atom is -0.308 e. The van der Waals surface area contributed by atoms with Gasteiger partial charge >= 0.3 is 0 Å². The van der Waals surface area contributed by atoms with E-state index in [1.807, 2.05) is 6.07 Å². The third-order valence-corrected chi connectivity index (χ3v) is 3.63. The molecule has 0 fully saturated rings. The van der Waals surface area contributed by atoms with Crippen molar-refractivity contribution < 1.29 is 0 Å². The van der Waals surface area contributed by atoms with E-state index in [1.165, 1.54) is 16.7 Å². The summed E-state index contributed by atoms with van der Waals surface area (Å²) in [6.07, 6.45) is 0.911. The number of rotatable bonds is 4. The molecule has 0 radical (unpaired) electrons. The summed E-state index contributed by atoms with van der Waals surface area (Å²) in [7, 11) is 0. The van der Waals surface area contributed by atoms with Gasteiger partial charge in [0.15, 0.2) is 5.82 Å². The molecule has 4 nitrogen and oxygen atoms in total. The van der Waals surface area contributed by atoms with Crippen LogP contribution in [-0.2, 0) is 6.42 Å². The van der Waals surface area contributed by atoms with Crippen molar-refractivity contribution in [2.45, 2.75) is 41.0 Å². The van der Waals surface area contributed by atoms with E-state index in [-0.39, 0.29) is 0 Å². The highest BCUT2D eigenvalue weighted by atomic mass is 15.3. The van der Waals surface area contributed by atoms with Crippen LogP contribution in [0.5, 0.6) is 0 Å². The third kappa shape index (κ3) is 3.58. The summed E-state index contributed by atoms with van der Waals surface area (Å²) in [6.45, 7) is 10.7. The summed E-state index contributed by atoms with van der Waals surface area (Å²) in [4.78, 5) is 9.23. The minimum absolute atomic E-state index is 0.541. The van der Waals surface area contributed by atoms with E-state index in [9.17, 15) is 0 Å². The summed E-state index contributed by atoms with van der Waals surface area (Å²) in [5, 5.41) is 0. The molecule has 21 heavy (non-hydrogen) atoms. The molecule has 4 heteroatoms. The van der Waals surface area contributed by atoms with Crippen LogP contribution in [0.3, 0.4) is 0 Å². The Morgan fingerprint density at radius 1 is 1.00 bits per heavy atom. The monoisotopic (exact) mass is 284 g/mol. The van der Waals surface area contributed by atoms with Crippen molar-refractivity contribution in [2.75, 3.05) is 5.43 Å². The molecule has 0 amide bonds. The molecule has 112 valence electrons. The highest BCUT2D eigenvalue weighted by Crippen LogP contribution is 2.25. The number of anilines is 1. The number of benzene rings is 1. The third-order valence-electron chi connectivity index (χ3n) is 3.63. The van der Waals surface area contributed by atoms with Gasteiger partial charge in [0.25, 0.3) is 0 Å². The molecule has 3 N–H and O–H groups in total. The Bertz CT molecular complexity index is 647. The van der Waals surface area contributed by atoms with E-state index in [1.54, 1.807) is 0 Å². The number of nitrogens with zero attached hydrogens (tertiary/aromatic N) is 2. The molecule has 2 rings (SSSR count). The predicted octanol–water partition coefficient (Wildman–Crippen LogP) is 3.55. The molecule has 0 bridgehead atoms. The molecule has 0 aliphatic carbocycles. The van der Waals surface area contributed by atoms with Crippen molar-refractivity contribution in [1.82, 2.24) is 9.97 Å². The first-order valence-electron chi connectivity index (χ1n) is 7.33. The fraction of sp³-hybridized carbons (Fsp3) is 0.412. The lowest BCUT2D eigenvalue weighted by atomic mass is 10.00. The zero-order valence-electron chi connectivity index (χ0n) is 13.5. The van der Waals surface area contributed by atoms with Gasteiger partial charge in [-0.3, -0.25) is 0 Å². The Labute approximate surface area is 126 Å². The zero-order valence-corrected chi connectivity index (χ0v) is 13.5. The first-order valence-corrected chi connectivity index (χ1v) is 7.33. The van der Waals surface area contributed by atoms with E-state index in [4.69, 9.17) is 10.8 Å². The highest BCUT2D eigenvalue weighted by Gasteiger charge is 2.11. The van der Waals surface area contributed by atoms with Crippen molar-refractivity contribution in [1.29, 1.82) is 0 Å². The number of hydrogen-bond acceptors (Lipinski definition) is 4. The minimum atomic E-state index is 0.541. The van der Waals surface area contributed by atoms with Crippen molar-refractivity contribution in [3.05, 3.63) is 40.6 Å². The maximum atomic E-state index is 5.55. The fourth-order valence-corrected chi connectivity index (χ4v) is 2.42. The predicted molar refractivity (Wildman–Crippen MR) is 88.0 cm³/mol. The summed E-state index contributed by atoms with van der Waals surface area (Å²) in [5.41, 5.74) is 8.44. The van der Waals surface area contributed by atoms with E-state index >= 15 is 0 Å². The fourth-order valence-electron chi connectivity index (χ4n) is 2.42. The first-order chi connectivity index (χ1) is 9.90. The quantitative estimate of drug-likeness (QED) is 0.665. The van der Waals surface area contributed by atoms with Crippen molar-refractivity contribution in [3.63, 3.8) is 0 Å². The molecule has 0 aliphatic heterocycles. The molecule has 1 aromatic heterocycles. The van der Waals surface area contributed by atoms with Gasteiger partial charge in [0.2, 0.25) is 0 Å². The summed E-state index contributed by atoms with van der Waals surface area (Å²) < 4.78 is 0. The van der Waals surface area contributed by atoms with Gasteiger partial charge in [-0.2, -0.15) is 0 Å². The van der Waals surface area contributed by atoms with Gasteiger partial charge in [-0.05, 0) is 55.9 Å². The van der Waals surface area contributed by atoms with Crippen LogP contribution in [0, 0.1) is 26.7 Å².